The van der Waals surface area contributed by atoms with Gasteiger partial charge in [0.1, 0.15) is 11.5 Å². The summed E-state index contributed by atoms with van der Waals surface area (Å²) in [7, 11) is 3.10. The molecule has 0 saturated heterocycles. The van der Waals surface area contributed by atoms with Gasteiger partial charge in [-0.15, -0.1) is 0 Å². The van der Waals surface area contributed by atoms with Gasteiger partial charge in [0.2, 0.25) is 0 Å². The van der Waals surface area contributed by atoms with Gasteiger partial charge in [-0.1, -0.05) is 0 Å². The van der Waals surface area contributed by atoms with Crippen LogP contribution in [0.1, 0.15) is 23.6 Å². The van der Waals surface area contributed by atoms with Crippen LogP contribution in [0.3, 0.4) is 0 Å². The molecule has 0 aliphatic heterocycles. The second kappa shape index (κ2) is 8.94. The maximum absolute atomic E-state index is 11.8. The summed E-state index contributed by atoms with van der Waals surface area (Å²) in [6, 6.07) is 9.38. The minimum atomic E-state index is -0.423. The smallest absolute Gasteiger partial charge is 0.330 e. The molecule has 0 bridgehead atoms. The summed E-state index contributed by atoms with van der Waals surface area (Å²) in [5, 5.41) is 23.0. The fourth-order valence-electron chi connectivity index (χ4n) is 3.44. The number of carbonyl (C=O) groups is 1. The Morgan fingerprint density at radius 1 is 0.897 bits per heavy atom. The van der Waals surface area contributed by atoms with Crippen molar-refractivity contribution in [3.8, 4) is 11.5 Å². The van der Waals surface area contributed by atoms with Crippen molar-refractivity contribution < 1.29 is 29.2 Å². The van der Waals surface area contributed by atoms with Crippen LogP contribution in [0.25, 0.3) is 27.6 Å². The molecule has 6 heteroatoms. The lowest BCUT2D eigenvalue weighted by atomic mass is 9.93. The van der Waals surface area contributed by atoms with Crippen LogP contribution in [0.4, 0.5) is 0 Å². The Kier molecular flexibility index (Phi) is 6.36. The minimum absolute atomic E-state index is 0.159. The number of esters is 1. The molecule has 0 amide bonds. The van der Waals surface area contributed by atoms with Gasteiger partial charge in [0.15, 0.2) is 0 Å². The lowest BCUT2D eigenvalue weighted by Crippen LogP contribution is -1.99. The first kappa shape index (κ1) is 20.6. The molecule has 29 heavy (non-hydrogen) atoms. The lowest BCUT2D eigenvalue weighted by Gasteiger charge is -2.15. The Morgan fingerprint density at radius 2 is 1.52 bits per heavy atom. The fourth-order valence-corrected chi connectivity index (χ4v) is 3.44. The molecule has 0 spiro atoms. The van der Waals surface area contributed by atoms with E-state index in [0.29, 0.717) is 29.2 Å². The van der Waals surface area contributed by atoms with E-state index in [4.69, 9.17) is 14.2 Å². The number of hydrogen-bond donors (Lipinski definition) is 2. The van der Waals surface area contributed by atoms with Crippen LogP contribution >= 0.6 is 0 Å². The number of ether oxygens (including phenoxy) is 3. The molecular formula is C23H24O6. The lowest BCUT2D eigenvalue weighted by molar-refractivity contribution is -0.137. The van der Waals surface area contributed by atoms with Gasteiger partial charge in [-0.2, -0.15) is 0 Å². The first-order valence-corrected chi connectivity index (χ1v) is 9.27. The zero-order valence-corrected chi connectivity index (χ0v) is 16.7. The van der Waals surface area contributed by atoms with Crippen molar-refractivity contribution in [3.05, 3.63) is 53.1 Å². The summed E-state index contributed by atoms with van der Waals surface area (Å²) in [5.41, 5.74) is 2.11. The quantitative estimate of drug-likeness (QED) is 0.361. The molecule has 3 aromatic carbocycles. The van der Waals surface area contributed by atoms with Gasteiger partial charge in [-0.05, 0) is 70.4 Å². The highest BCUT2D eigenvalue weighted by Gasteiger charge is 2.14. The van der Waals surface area contributed by atoms with Gasteiger partial charge >= 0.3 is 5.97 Å². The molecule has 0 heterocycles. The van der Waals surface area contributed by atoms with Gasteiger partial charge in [0.05, 0.1) is 34.0 Å². The number of fused-ring (bicyclic) bond motifs is 3. The zero-order valence-electron chi connectivity index (χ0n) is 16.7. The van der Waals surface area contributed by atoms with E-state index in [1.807, 2.05) is 30.3 Å². The highest BCUT2D eigenvalue weighted by Crippen LogP contribution is 2.37. The van der Waals surface area contributed by atoms with E-state index in [1.54, 1.807) is 27.2 Å². The fraction of sp³-hybridized carbons (Fsp3) is 0.261. The summed E-state index contributed by atoms with van der Waals surface area (Å²) in [4.78, 5) is 11.8. The number of rotatable bonds is 7. The average Bonchev–Trinajstić information content (AvgIpc) is 2.75. The van der Waals surface area contributed by atoms with E-state index >= 15 is 0 Å². The van der Waals surface area contributed by atoms with Crippen LogP contribution < -0.4 is 9.47 Å². The molecule has 152 valence electrons. The Labute approximate surface area is 168 Å². The van der Waals surface area contributed by atoms with Gasteiger partial charge in [-0.3, -0.25) is 0 Å². The SMILES string of the molecule is CCOC(=O)C=Cc1cc2cc(OC)c(CO)cc2c2cc(CO)c(OC)cc12. The van der Waals surface area contributed by atoms with Crippen LogP contribution in [0.15, 0.2) is 36.4 Å². The van der Waals surface area contributed by atoms with Crippen LogP contribution in [0.2, 0.25) is 0 Å². The standard InChI is InChI=1S/C23H24O6/c1-4-29-23(26)6-5-14-7-15-10-21(27-2)16(12-24)8-18(15)20-9-17(13-25)22(28-3)11-19(14)20/h5-11,24-25H,4,12-13H2,1-3H3. The van der Waals surface area contributed by atoms with E-state index in [-0.39, 0.29) is 13.2 Å². The monoisotopic (exact) mass is 396 g/mol. The third-order valence-corrected chi connectivity index (χ3v) is 4.81. The predicted octanol–water partition coefficient (Wildman–Crippen LogP) is 3.57. The number of benzene rings is 3. The van der Waals surface area contributed by atoms with Crippen molar-refractivity contribution >= 4 is 33.6 Å². The van der Waals surface area contributed by atoms with E-state index in [1.165, 1.54) is 6.08 Å². The summed E-state index contributed by atoms with van der Waals surface area (Å²) in [6.07, 6.45) is 3.08. The molecule has 2 N–H and O–H groups in total. The zero-order chi connectivity index (χ0) is 21.0. The number of carbonyl (C=O) groups excluding carboxylic acids is 1. The van der Waals surface area contributed by atoms with Crippen LogP contribution in [-0.4, -0.2) is 37.0 Å². The topological polar surface area (TPSA) is 85.2 Å². The van der Waals surface area contributed by atoms with E-state index in [2.05, 4.69) is 0 Å². The summed E-state index contributed by atoms with van der Waals surface area (Å²) >= 11 is 0. The van der Waals surface area contributed by atoms with Gasteiger partial charge in [0, 0.05) is 17.2 Å². The second-order valence-electron chi connectivity index (χ2n) is 6.46. The molecule has 0 saturated carbocycles. The van der Waals surface area contributed by atoms with Crippen molar-refractivity contribution in [2.45, 2.75) is 20.1 Å². The van der Waals surface area contributed by atoms with E-state index in [9.17, 15) is 15.0 Å². The molecule has 0 aromatic heterocycles. The molecule has 0 unspecified atom stereocenters. The molecule has 3 rings (SSSR count). The number of methoxy groups -OCH3 is 2. The van der Waals surface area contributed by atoms with Gasteiger partial charge in [-0.25, -0.2) is 4.79 Å². The van der Waals surface area contributed by atoms with Crippen molar-refractivity contribution in [2.24, 2.45) is 0 Å². The molecule has 3 aromatic rings. The van der Waals surface area contributed by atoms with E-state index in [0.717, 1.165) is 27.1 Å². The van der Waals surface area contributed by atoms with Crippen molar-refractivity contribution in [1.82, 2.24) is 0 Å². The minimum Gasteiger partial charge on any atom is -0.496 e. The van der Waals surface area contributed by atoms with Crippen LogP contribution in [0.5, 0.6) is 11.5 Å². The first-order chi connectivity index (χ1) is 14.1. The maximum Gasteiger partial charge on any atom is 0.330 e. The molecule has 0 atom stereocenters. The van der Waals surface area contributed by atoms with Crippen molar-refractivity contribution in [3.63, 3.8) is 0 Å². The molecule has 0 aliphatic carbocycles. The molecule has 0 aliphatic rings. The third kappa shape index (κ3) is 4.04. The highest BCUT2D eigenvalue weighted by atomic mass is 16.5. The van der Waals surface area contributed by atoms with Gasteiger partial charge in [0.25, 0.3) is 0 Å². The Hall–Kier alpha value is -3.09. The highest BCUT2D eigenvalue weighted by molar-refractivity contribution is 6.12. The van der Waals surface area contributed by atoms with E-state index < -0.39 is 5.97 Å². The molecule has 0 fully saturated rings. The summed E-state index contributed by atoms with van der Waals surface area (Å²) in [5.74, 6) is 0.712. The van der Waals surface area contributed by atoms with Crippen LogP contribution in [0, 0.1) is 0 Å². The van der Waals surface area contributed by atoms with Crippen molar-refractivity contribution in [1.29, 1.82) is 0 Å². The van der Waals surface area contributed by atoms with Gasteiger partial charge < -0.3 is 24.4 Å². The summed E-state index contributed by atoms with van der Waals surface area (Å²) in [6.45, 7) is 1.72. The molecule has 6 nitrogen and oxygen atoms in total. The van der Waals surface area contributed by atoms with Crippen molar-refractivity contribution in [2.75, 3.05) is 20.8 Å². The maximum atomic E-state index is 11.8. The second-order valence-corrected chi connectivity index (χ2v) is 6.46. The summed E-state index contributed by atoms with van der Waals surface area (Å²) < 4.78 is 15.8. The number of aliphatic hydroxyl groups is 2. The predicted molar refractivity (Wildman–Crippen MR) is 112 cm³/mol. The molecular weight excluding hydrogens is 372 g/mol. The molecule has 0 radical (unpaired) electrons. The van der Waals surface area contributed by atoms with Crippen LogP contribution in [-0.2, 0) is 22.7 Å². The Bertz CT molecular complexity index is 1080. The largest absolute Gasteiger partial charge is 0.496 e. The average molecular weight is 396 g/mol. The number of hydrogen-bond acceptors (Lipinski definition) is 6. The Morgan fingerprint density at radius 3 is 2.10 bits per heavy atom. The normalized spacial score (nSPS) is 11.3. The third-order valence-electron chi connectivity index (χ3n) is 4.81. The number of aliphatic hydroxyl groups excluding tert-OH is 2. The first-order valence-electron chi connectivity index (χ1n) is 9.27. The Balaban J connectivity index is 2.36.